The molecule has 0 heterocycles. The minimum Gasteiger partial charge on any atom is -0.377 e. The van der Waals surface area contributed by atoms with Crippen LogP contribution in [0.25, 0.3) is 10.8 Å². The van der Waals surface area contributed by atoms with Gasteiger partial charge < -0.3 is 9.80 Å². The highest BCUT2D eigenvalue weighted by Crippen LogP contribution is 2.34. The van der Waals surface area contributed by atoms with Crippen LogP contribution >= 0.6 is 0 Å². The maximum atomic E-state index is 2.37. The molecule has 2 rings (SSSR count). The van der Waals surface area contributed by atoms with Gasteiger partial charge in [0.15, 0.2) is 0 Å². The van der Waals surface area contributed by atoms with Crippen LogP contribution in [0.1, 0.15) is 19.8 Å². The van der Waals surface area contributed by atoms with Crippen LogP contribution in [0, 0.1) is 0 Å². The van der Waals surface area contributed by atoms with E-state index >= 15 is 0 Å². The van der Waals surface area contributed by atoms with Crippen LogP contribution in [0.3, 0.4) is 0 Å². The van der Waals surface area contributed by atoms with Crippen molar-refractivity contribution in [2.75, 3.05) is 37.5 Å². The minimum absolute atomic E-state index is 1.11. The summed E-state index contributed by atoms with van der Waals surface area (Å²) in [7, 11) is 6.41. The molecule has 0 aliphatic rings. The lowest BCUT2D eigenvalue weighted by Crippen LogP contribution is -2.19. The van der Waals surface area contributed by atoms with Gasteiger partial charge in [-0.05, 0) is 23.9 Å². The average Bonchev–Trinajstić information content (AvgIpc) is 2.43. The smallest absolute Gasteiger partial charge is 0.0464 e. The van der Waals surface area contributed by atoms with Crippen LogP contribution in [0.2, 0.25) is 0 Å². The number of benzene rings is 2. The number of fused-ring (bicyclic) bond motifs is 1. The van der Waals surface area contributed by atoms with Crippen molar-refractivity contribution in [3.63, 3.8) is 0 Å². The van der Waals surface area contributed by atoms with Crippen LogP contribution in [-0.4, -0.2) is 27.7 Å². The maximum Gasteiger partial charge on any atom is 0.0464 e. The molecule has 102 valence electrons. The molecule has 0 saturated heterocycles. The summed E-state index contributed by atoms with van der Waals surface area (Å²) >= 11 is 0. The van der Waals surface area contributed by atoms with E-state index in [4.69, 9.17) is 0 Å². The second-order valence-electron chi connectivity index (χ2n) is 5.32. The lowest BCUT2D eigenvalue weighted by molar-refractivity contribution is 0.768. The number of anilines is 2. The first-order valence-electron chi connectivity index (χ1n) is 7.05. The average molecular weight is 256 g/mol. The third-order valence-electron chi connectivity index (χ3n) is 3.60. The van der Waals surface area contributed by atoms with E-state index in [0.717, 1.165) is 6.54 Å². The van der Waals surface area contributed by atoms with E-state index in [2.05, 4.69) is 74.3 Å². The Morgan fingerprint density at radius 3 is 2.11 bits per heavy atom. The molecule has 2 aromatic carbocycles. The first-order valence-corrected chi connectivity index (χ1v) is 7.05. The van der Waals surface area contributed by atoms with Gasteiger partial charge in [-0.2, -0.15) is 0 Å². The van der Waals surface area contributed by atoms with E-state index in [-0.39, 0.29) is 0 Å². The van der Waals surface area contributed by atoms with Crippen LogP contribution in [0.5, 0.6) is 0 Å². The van der Waals surface area contributed by atoms with E-state index in [1.807, 2.05) is 0 Å². The third-order valence-corrected chi connectivity index (χ3v) is 3.60. The number of hydrogen-bond acceptors (Lipinski definition) is 2. The summed E-state index contributed by atoms with van der Waals surface area (Å²) in [6.07, 6.45) is 2.46. The van der Waals surface area contributed by atoms with E-state index in [1.54, 1.807) is 0 Å². The molecule has 0 aliphatic heterocycles. The van der Waals surface area contributed by atoms with Crippen molar-refractivity contribution < 1.29 is 0 Å². The van der Waals surface area contributed by atoms with E-state index in [9.17, 15) is 0 Å². The molecule has 0 bridgehead atoms. The second kappa shape index (κ2) is 5.96. The first kappa shape index (κ1) is 13.7. The van der Waals surface area contributed by atoms with Crippen molar-refractivity contribution in [3.8, 4) is 0 Å². The summed E-state index contributed by atoms with van der Waals surface area (Å²) in [4.78, 5) is 4.57. The van der Waals surface area contributed by atoms with Crippen LogP contribution in [-0.2, 0) is 0 Å². The fraction of sp³-hybridized carbons (Fsp3) is 0.412. The first-order chi connectivity index (χ1) is 9.15. The Bertz CT molecular complexity index is 541. The molecule has 0 unspecified atom stereocenters. The fourth-order valence-corrected chi connectivity index (χ4v) is 2.51. The number of hydrogen-bond donors (Lipinski definition) is 0. The Morgan fingerprint density at radius 2 is 1.53 bits per heavy atom. The molecule has 0 atom stereocenters. The van der Waals surface area contributed by atoms with Gasteiger partial charge in [0.05, 0.1) is 0 Å². The molecule has 0 N–H and O–H groups in total. The van der Waals surface area contributed by atoms with Crippen molar-refractivity contribution >= 4 is 22.1 Å². The quantitative estimate of drug-likeness (QED) is 0.793. The third kappa shape index (κ3) is 2.83. The second-order valence-corrected chi connectivity index (χ2v) is 5.32. The Hall–Kier alpha value is -1.70. The number of nitrogens with zero attached hydrogens (tertiary/aromatic N) is 2. The molecule has 0 fully saturated rings. The molecule has 2 heteroatoms. The minimum atomic E-state index is 1.11. The summed E-state index contributed by atoms with van der Waals surface area (Å²) < 4.78 is 0. The fourth-order valence-electron chi connectivity index (χ4n) is 2.51. The van der Waals surface area contributed by atoms with Crippen molar-refractivity contribution in [2.45, 2.75) is 19.8 Å². The van der Waals surface area contributed by atoms with Gasteiger partial charge >= 0.3 is 0 Å². The lowest BCUT2D eigenvalue weighted by Gasteiger charge is -2.24. The highest BCUT2D eigenvalue weighted by molar-refractivity contribution is 6.03. The Balaban J connectivity index is 2.54. The molecule has 0 spiro atoms. The molecule has 0 saturated carbocycles. The number of unbranched alkanes of at least 4 members (excludes halogenated alkanes) is 1. The number of rotatable bonds is 5. The summed E-state index contributed by atoms with van der Waals surface area (Å²) in [5, 5.41) is 2.67. The molecule has 19 heavy (non-hydrogen) atoms. The van der Waals surface area contributed by atoms with Crippen molar-refractivity contribution in [1.29, 1.82) is 0 Å². The van der Waals surface area contributed by atoms with Gasteiger partial charge in [0, 0.05) is 44.4 Å². The van der Waals surface area contributed by atoms with Crippen LogP contribution in [0.4, 0.5) is 11.4 Å². The van der Waals surface area contributed by atoms with Gasteiger partial charge in [-0.3, -0.25) is 0 Å². The largest absolute Gasteiger partial charge is 0.377 e. The van der Waals surface area contributed by atoms with Gasteiger partial charge in [-0.25, -0.2) is 0 Å². The summed E-state index contributed by atoms with van der Waals surface area (Å²) in [6.45, 7) is 3.35. The maximum absolute atomic E-state index is 2.37. The zero-order chi connectivity index (χ0) is 13.8. The highest BCUT2D eigenvalue weighted by Gasteiger charge is 2.10. The van der Waals surface area contributed by atoms with Gasteiger partial charge in [0.2, 0.25) is 0 Å². The van der Waals surface area contributed by atoms with E-state index in [1.165, 1.54) is 35.0 Å². The normalized spacial score (nSPS) is 10.7. The summed E-state index contributed by atoms with van der Waals surface area (Å²) in [5.41, 5.74) is 2.62. The van der Waals surface area contributed by atoms with Crippen LogP contribution in [0.15, 0.2) is 36.4 Å². The van der Waals surface area contributed by atoms with Crippen LogP contribution < -0.4 is 9.80 Å². The Kier molecular flexibility index (Phi) is 4.31. The van der Waals surface area contributed by atoms with Gasteiger partial charge in [0.1, 0.15) is 0 Å². The molecule has 0 aliphatic carbocycles. The van der Waals surface area contributed by atoms with Crippen molar-refractivity contribution in [3.05, 3.63) is 36.4 Å². The monoisotopic (exact) mass is 256 g/mol. The molecule has 0 amide bonds. The van der Waals surface area contributed by atoms with Crippen molar-refractivity contribution in [1.82, 2.24) is 0 Å². The standard InChI is InChI=1S/C17H24N2/c1-5-6-13-19(4)16-12-8-10-14-9-7-11-15(17(14)16)18(2)3/h7-12H,5-6,13H2,1-4H3. The Morgan fingerprint density at radius 1 is 0.895 bits per heavy atom. The zero-order valence-corrected chi connectivity index (χ0v) is 12.5. The molecular formula is C17H24N2. The predicted octanol–water partition coefficient (Wildman–Crippen LogP) is 4.14. The SMILES string of the molecule is CCCCN(C)c1cccc2cccc(N(C)C)c12. The summed E-state index contributed by atoms with van der Waals surface area (Å²) in [5.74, 6) is 0. The molecule has 0 aromatic heterocycles. The molecule has 2 aromatic rings. The van der Waals surface area contributed by atoms with Gasteiger partial charge in [0.25, 0.3) is 0 Å². The Labute approximate surface area is 116 Å². The zero-order valence-electron chi connectivity index (χ0n) is 12.5. The van der Waals surface area contributed by atoms with E-state index in [0.29, 0.717) is 0 Å². The topological polar surface area (TPSA) is 6.48 Å². The molecule has 0 radical (unpaired) electrons. The molecular weight excluding hydrogens is 232 g/mol. The van der Waals surface area contributed by atoms with Crippen molar-refractivity contribution in [2.24, 2.45) is 0 Å². The predicted molar refractivity (Wildman–Crippen MR) is 86.5 cm³/mol. The molecule has 2 nitrogen and oxygen atoms in total. The highest BCUT2D eigenvalue weighted by atomic mass is 15.1. The van der Waals surface area contributed by atoms with E-state index < -0.39 is 0 Å². The van der Waals surface area contributed by atoms with Gasteiger partial charge in [-0.15, -0.1) is 0 Å². The lowest BCUT2D eigenvalue weighted by atomic mass is 10.1. The summed E-state index contributed by atoms with van der Waals surface area (Å²) in [6, 6.07) is 13.1. The van der Waals surface area contributed by atoms with Gasteiger partial charge in [-0.1, -0.05) is 37.6 Å².